The van der Waals surface area contributed by atoms with E-state index in [4.69, 9.17) is 4.74 Å². The first-order chi connectivity index (χ1) is 12.2. The fourth-order valence-corrected chi connectivity index (χ4v) is 2.63. The van der Waals surface area contributed by atoms with Crippen LogP contribution in [0.4, 0.5) is 0 Å². The van der Waals surface area contributed by atoms with E-state index in [0.717, 1.165) is 22.4 Å². The van der Waals surface area contributed by atoms with E-state index >= 15 is 0 Å². The van der Waals surface area contributed by atoms with E-state index in [-0.39, 0.29) is 19.4 Å². The first-order valence-electron chi connectivity index (χ1n) is 8.12. The third-order valence-corrected chi connectivity index (χ3v) is 4.05. The number of nitrogens with one attached hydrogen (secondary N) is 1. The molecule has 1 atom stereocenters. The molecule has 0 unspecified atom stereocenters. The Bertz CT molecular complexity index is 863. The summed E-state index contributed by atoms with van der Waals surface area (Å²) in [4.78, 5) is 16.8. The minimum atomic E-state index is -0.145. The van der Waals surface area contributed by atoms with Crippen LogP contribution in [0.5, 0.6) is 5.75 Å². The number of hydrogen-bond donors (Lipinski definition) is 1. The second kappa shape index (κ2) is 8.81. The summed E-state index contributed by atoms with van der Waals surface area (Å²) < 4.78 is 5.26. The summed E-state index contributed by atoms with van der Waals surface area (Å²) in [5, 5.41) is 3.01. The number of benzene rings is 2. The maximum Gasteiger partial charge on any atom is 0.253 e. The number of aromatic nitrogens is 1. The normalized spacial score (nSPS) is 11.2. The smallest absolute Gasteiger partial charge is 0.253 e. The number of pyridine rings is 1. The molecular weight excluding hydrogens is 324 g/mol. The summed E-state index contributed by atoms with van der Waals surface area (Å²) in [5.41, 5.74) is 3.42. The zero-order chi connectivity index (χ0) is 17.6. The van der Waals surface area contributed by atoms with Crippen LogP contribution in [0.1, 0.15) is 36.3 Å². The fourth-order valence-electron chi connectivity index (χ4n) is 2.63. The molecule has 26 heavy (non-hydrogen) atoms. The highest BCUT2D eigenvalue weighted by atomic mass is 16.5. The Kier molecular flexibility index (Phi) is 6.50. The zero-order valence-electron chi connectivity index (χ0n) is 14.3. The average Bonchev–Trinajstić information content (AvgIpc) is 2.68. The molecule has 0 saturated heterocycles. The van der Waals surface area contributed by atoms with Gasteiger partial charge in [0.15, 0.2) is 0 Å². The van der Waals surface area contributed by atoms with Gasteiger partial charge in [-0.2, -0.15) is 0 Å². The second-order valence-electron chi connectivity index (χ2n) is 5.80. The van der Waals surface area contributed by atoms with E-state index in [2.05, 4.69) is 10.3 Å². The Balaban J connectivity index is 0.00000243. The molecule has 0 radical (unpaired) electrons. The predicted octanol–water partition coefficient (Wildman–Crippen LogP) is 4.88. The summed E-state index contributed by atoms with van der Waals surface area (Å²) in [6.07, 6.45) is 3.32. The van der Waals surface area contributed by atoms with Gasteiger partial charge in [-0.25, -0.2) is 0 Å². The zero-order valence-corrected chi connectivity index (χ0v) is 14.3. The lowest BCUT2D eigenvalue weighted by molar-refractivity contribution is 0.0939. The van der Waals surface area contributed by atoms with Crippen molar-refractivity contribution in [2.75, 3.05) is 7.11 Å². The van der Waals surface area contributed by atoms with Gasteiger partial charge in [-0.1, -0.05) is 49.9 Å². The van der Waals surface area contributed by atoms with Gasteiger partial charge < -0.3 is 10.1 Å². The van der Waals surface area contributed by atoms with Gasteiger partial charge in [-0.15, -0.1) is 0 Å². The molecule has 3 rings (SSSR count). The third-order valence-electron chi connectivity index (χ3n) is 4.05. The maximum absolute atomic E-state index is 12.6. The van der Waals surface area contributed by atoms with Gasteiger partial charge in [0.25, 0.3) is 5.91 Å². The molecular formula is C22H24N2O2. The molecule has 1 N–H and O–H groups in total. The van der Waals surface area contributed by atoms with E-state index in [1.807, 2.05) is 67.6 Å². The van der Waals surface area contributed by atoms with E-state index in [0.29, 0.717) is 5.56 Å². The highest BCUT2D eigenvalue weighted by Gasteiger charge is 2.12. The molecule has 0 spiro atoms. The number of carbonyl (C=O) groups excluding carboxylic acids is 1. The molecule has 134 valence electrons. The Morgan fingerprint density at radius 3 is 2.50 bits per heavy atom. The number of methoxy groups -OCH3 is 1. The van der Waals surface area contributed by atoms with Crippen LogP contribution in [0.15, 0.2) is 73.1 Å². The van der Waals surface area contributed by atoms with Crippen LogP contribution >= 0.6 is 0 Å². The van der Waals surface area contributed by atoms with Gasteiger partial charge in [0.2, 0.25) is 0 Å². The minimum absolute atomic E-state index is 0. The molecule has 1 aromatic heterocycles. The molecule has 4 heteroatoms. The van der Waals surface area contributed by atoms with Gasteiger partial charge in [-0.3, -0.25) is 9.78 Å². The van der Waals surface area contributed by atoms with Gasteiger partial charge >= 0.3 is 0 Å². The lowest BCUT2D eigenvalue weighted by Gasteiger charge is -2.14. The van der Waals surface area contributed by atoms with Gasteiger partial charge in [-0.05, 0) is 36.2 Å². The molecule has 4 nitrogen and oxygen atoms in total. The predicted molar refractivity (Wildman–Crippen MR) is 105 cm³/mol. The number of carbonyl (C=O) groups is 1. The first-order valence-corrected chi connectivity index (χ1v) is 8.12. The summed E-state index contributed by atoms with van der Waals surface area (Å²) >= 11 is 0. The van der Waals surface area contributed by atoms with E-state index in [1.54, 1.807) is 19.5 Å². The summed E-state index contributed by atoms with van der Waals surface area (Å²) in [6, 6.07) is 19.3. The van der Waals surface area contributed by atoms with Crippen molar-refractivity contribution in [2.45, 2.75) is 20.4 Å². The minimum Gasteiger partial charge on any atom is -0.497 e. The van der Waals surface area contributed by atoms with Crippen LogP contribution < -0.4 is 10.1 Å². The van der Waals surface area contributed by atoms with Crippen LogP contribution in [0.25, 0.3) is 11.1 Å². The molecule has 2 aromatic carbocycles. The largest absolute Gasteiger partial charge is 0.497 e. The van der Waals surface area contributed by atoms with Gasteiger partial charge in [0.1, 0.15) is 5.75 Å². The van der Waals surface area contributed by atoms with Crippen molar-refractivity contribution in [3.63, 3.8) is 0 Å². The number of rotatable bonds is 5. The molecule has 1 heterocycles. The van der Waals surface area contributed by atoms with Gasteiger partial charge in [0.05, 0.1) is 18.7 Å². The van der Waals surface area contributed by atoms with Crippen molar-refractivity contribution in [1.82, 2.24) is 10.3 Å². The SMILES string of the molecule is C.COc1cccc(-c2cncc(C(=O)N[C@H](C)c3ccccc3)c2)c1. The maximum atomic E-state index is 12.6. The van der Waals surface area contributed by atoms with Crippen molar-refractivity contribution < 1.29 is 9.53 Å². The molecule has 0 aliphatic heterocycles. The van der Waals surface area contributed by atoms with Crippen molar-refractivity contribution >= 4 is 5.91 Å². The quantitative estimate of drug-likeness (QED) is 0.714. The Labute approximate surface area is 154 Å². The Morgan fingerprint density at radius 1 is 1.00 bits per heavy atom. The van der Waals surface area contributed by atoms with Crippen molar-refractivity contribution in [3.05, 3.63) is 84.2 Å². The highest BCUT2D eigenvalue weighted by molar-refractivity contribution is 5.95. The monoisotopic (exact) mass is 348 g/mol. The van der Waals surface area contributed by atoms with Crippen molar-refractivity contribution in [3.8, 4) is 16.9 Å². The second-order valence-corrected chi connectivity index (χ2v) is 5.80. The van der Waals surface area contributed by atoms with E-state index < -0.39 is 0 Å². The fraction of sp³-hybridized carbons (Fsp3) is 0.182. The molecule has 0 fully saturated rings. The van der Waals surface area contributed by atoms with E-state index in [9.17, 15) is 4.79 Å². The Morgan fingerprint density at radius 2 is 1.77 bits per heavy atom. The first kappa shape index (κ1) is 19.2. The molecule has 0 aliphatic carbocycles. The van der Waals surface area contributed by atoms with Gasteiger partial charge in [0, 0.05) is 18.0 Å². The number of amides is 1. The average molecular weight is 348 g/mol. The molecule has 0 saturated carbocycles. The summed E-state index contributed by atoms with van der Waals surface area (Å²) in [6.45, 7) is 1.96. The van der Waals surface area contributed by atoms with Crippen LogP contribution in [0, 0.1) is 0 Å². The van der Waals surface area contributed by atoms with Crippen LogP contribution in [0.2, 0.25) is 0 Å². The topological polar surface area (TPSA) is 51.2 Å². The molecule has 0 aliphatic rings. The third kappa shape index (κ3) is 4.48. The van der Waals surface area contributed by atoms with Crippen molar-refractivity contribution in [1.29, 1.82) is 0 Å². The van der Waals surface area contributed by atoms with Crippen LogP contribution in [-0.2, 0) is 0 Å². The number of hydrogen-bond acceptors (Lipinski definition) is 3. The molecule has 1 amide bonds. The summed E-state index contributed by atoms with van der Waals surface area (Å²) in [5.74, 6) is 0.624. The standard InChI is InChI=1S/C21H20N2O2.CH4/c1-15(16-7-4-3-5-8-16)23-21(24)19-11-18(13-22-14-19)17-9-6-10-20(12-17)25-2;/h3-15H,1-2H3,(H,23,24);1H4/t15-;/m1./s1. The molecule has 3 aromatic rings. The lowest BCUT2D eigenvalue weighted by atomic mass is 10.0. The highest BCUT2D eigenvalue weighted by Crippen LogP contribution is 2.24. The molecule has 0 bridgehead atoms. The Hall–Kier alpha value is -3.14. The number of nitrogens with zero attached hydrogens (tertiary/aromatic N) is 1. The number of ether oxygens (including phenoxy) is 1. The lowest BCUT2D eigenvalue weighted by Crippen LogP contribution is -2.26. The van der Waals surface area contributed by atoms with Crippen molar-refractivity contribution in [2.24, 2.45) is 0 Å². The summed E-state index contributed by atoms with van der Waals surface area (Å²) in [7, 11) is 1.63. The van der Waals surface area contributed by atoms with Crippen LogP contribution in [-0.4, -0.2) is 18.0 Å². The van der Waals surface area contributed by atoms with Crippen LogP contribution in [0.3, 0.4) is 0 Å². The van der Waals surface area contributed by atoms with E-state index in [1.165, 1.54) is 0 Å².